The lowest BCUT2D eigenvalue weighted by atomic mass is 9.98. The summed E-state index contributed by atoms with van der Waals surface area (Å²) >= 11 is 0. The van der Waals surface area contributed by atoms with Crippen LogP contribution in [0.2, 0.25) is 0 Å². The lowest BCUT2D eigenvalue weighted by molar-refractivity contribution is 0.279. The number of hydrogen-bond acceptors (Lipinski definition) is 2. The zero-order valence-corrected chi connectivity index (χ0v) is 8.32. The summed E-state index contributed by atoms with van der Waals surface area (Å²) in [6.07, 6.45) is 10.8. The van der Waals surface area contributed by atoms with E-state index in [4.69, 9.17) is 9.15 Å². The van der Waals surface area contributed by atoms with Crippen LogP contribution in [0.25, 0.3) is 0 Å². The highest BCUT2D eigenvalue weighted by Gasteiger charge is 2.08. The van der Waals surface area contributed by atoms with Gasteiger partial charge in [-0.1, -0.05) is 11.6 Å². The summed E-state index contributed by atoms with van der Waals surface area (Å²) in [6, 6.07) is 2.01. The van der Waals surface area contributed by atoms with E-state index >= 15 is 0 Å². The first-order valence-electron chi connectivity index (χ1n) is 4.80. The van der Waals surface area contributed by atoms with Gasteiger partial charge in [0.1, 0.15) is 0 Å². The number of furan rings is 1. The van der Waals surface area contributed by atoms with Crippen molar-refractivity contribution in [3.8, 4) is 0 Å². The molecule has 0 spiro atoms. The minimum Gasteiger partial charge on any atom is -0.501 e. The minimum absolute atomic E-state index is 0.932. The van der Waals surface area contributed by atoms with Gasteiger partial charge in [0, 0.05) is 6.42 Å². The van der Waals surface area contributed by atoms with Gasteiger partial charge in [-0.05, 0) is 30.5 Å². The summed E-state index contributed by atoms with van der Waals surface area (Å²) in [5, 5.41) is 0. The van der Waals surface area contributed by atoms with Gasteiger partial charge in [0.25, 0.3) is 0 Å². The van der Waals surface area contributed by atoms with Crippen LogP contribution in [-0.2, 0) is 11.2 Å². The van der Waals surface area contributed by atoms with Crippen molar-refractivity contribution in [2.75, 3.05) is 7.11 Å². The van der Waals surface area contributed by atoms with E-state index in [-0.39, 0.29) is 0 Å². The Hall–Kier alpha value is -1.44. The molecule has 1 aromatic rings. The molecular formula is C12H14O2. The highest BCUT2D eigenvalue weighted by atomic mass is 16.5. The molecule has 0 bridgehead atoms. The first kappa shape index (κ1) is 9.13. The molecule has 2 heteroatoms. The largest absolute Gasteiger partial charge is 0.501 e. The van der Waals surface area contributed by atoms with E-state index in [9.17, 15) is 0 Å². The molecule has 2 nitrogen and oxygen atoms in total. The van der Waals surface area contributed by atoms with Crippen molar-refractivity contribution in [2.45, 2.75) is 19.3 Å². The number of methoxy groups -OCH3 is 1. The molecule has 0 saturated carbocycles. The average Bonchev–Trinajstić information content (AvgIpc) is 2.71. The number of allylic oxidation sites excluding steroid dienone is 3. The van der Waals surface area contributed by atoms with Crippen molar-refractivity contribution >= 4 is 0 Å². The Morgan fingerprint density at radius 3 is 3.07 bits per heavy atom. The Morgan fingerprint density at radius 1 is 1.43 bits per heavy atom. The van der Waals surface area contributed by atoms with Crippen molar-refractivity contribution in [1.82, 2.24) is 0 Å². The SMILES string of the molecule is COC1=CCC=C(Cc2ccoc2)C1. The molecule has 0 atom stereocenters. The molecule has 2 rings (SSSR count). The molecule has 1 aromatic heterocycles. The van der Waals surface area contributed by atoms with Gasteiger partial charge in [-0.15, -0.1) is 0 Å². The first-order valence-corrected chi connectivity index (χ1v) is 4.80. The Balaban J connectivity index is 1.97. The maximum atomic E-state index is 5.24. The molecule has 0 fully saturated rings. The van der Waals surface area contributed by atoms with Crippen molar-refractivity contribution in [2.24, 2.45) is 0 Å². The van der Waals surface area contributed by atoms with E-state index in [1.54, 1.807) is 19.6 Å². The minimum atomic E-state index is 0.932. The summed E-state index contributed by atoms with van der Waals surface area (Å²) in [5.41, 5.74) is 2.64. The molecule has 14 heavy (non-hydrogen) atoms. The van der Waals surface area contributed by atoms with Gasteiger partial charge in [0.15, 0.2) is 0 Å². The van der Waals surface area contributed by atoms with E-state index in [2.05, 4.69) is 12.2 Å². The molecule has 74 valence electrons. The Kier molecular flexibility index (Phi) is 2.73. The molecule has 0 aliphatic heterocycles. The number of ether oxygens (including phenoxy) is 1. The average molecular weight is 190 g/mol. The normalized spacial score (nSPS) is 16.1. The highest BCUT2D eigenvalue weighted by molar-refractivity contribution is 5.24. The smallest absolute Gasteiger partial charge is 0.0959 e. The summed E-state index contributed by atoms with van der Waals surface area (Å²) in [5.74, 6) is 1.07. The van der Waals surface area contributed by atoms with E-state index in [1.807, 2.05) is 6.07 Å². The van der Waals surface area contributed by atoms with E-state index < -0.39 is 0 Å². The zero-order valence-electron chi connectivity index (χ0n) is 8.32. The fourth-order valence-electron chi connectivity index (χ4n) is 1.67. The second-order valence-corrected chi connectivity index (χ2v) is 3.46. The van der Waals surface area contributed by atoms with Gasteiger partial charge < -0.3 is 9.15 Å². The Labute approximate surface area is 83.9 Å². The van der Waals surface area contributed by atoms with Gasteiger partial charge in [0.2, 0.25) is 0 Å². The Morgan fingerprint density at radius 2 is 2.36 bits per heavy atom. The molecular weight excluding hydrogens is 176 g/mol. The zero-order chi connectivity index (χ0) is 9.80. The van der Waals surface area contributed by atoms with Crippen molar-refractivity contribution in [1.29, 1.82) is 0 Å². The maximum Gasteiger partial charge on any atom is 0.0959 e. The van der Waals surface area contributed by atoms with E-state index in [0.29, 0.717) is 0 Å². The monoisotopic (exact) mass is 190 g/mol. The van der Waals surface area contributed by atoms with Crippen LogP contribution in [0.15, 0.2) is 46.5 Å². The molecule has 0 saturated heterocycles. The molecule has 0 unspecified atom stereocenters. The fourth-order valence-corrected chi connectivity index (χ4v) is 1.67. The first-order chi connectivity index (χ1) is 6.88. The third-order valence-corrected chi connectivity index (χ3v) is 2.43. The predicted molar refractivity (Wildman–Crippen MR) is 54.8 cm³/mol. The van der Waals surface area contributed by atoms with Crippen molar-refractivity contribution in [3.63, 3.8) is 0 Å². The van der Waals surface area contributed by atoms with Crippen LogP contribution in [0, 0.1) is 0 Å². The van der Waals surface area contributed by atoms with E-state index in [0.717, 1.165) is 25.0 Å². The quantitative estimate of drug-likeness (QED) is 0.683. The molecule has 0 amide bonds. The van der Waals surface area contributed by atoms with Gasteiger partial charge in [-0.3, -0.25) is 0 Å². The third-order valence-electron chi connectivity index (χ3n) is 2.43. The second kappa shape index (κ2) is 4.18. The van der Waals surface area contributed by atoms with Crippen LogP contribution in [-0.4, -0.2) is 7.11 Å². The van der Waals surface area contributed by atoms with Crippen molar-refractivity contribution < 1.29 is 9.15 Å². The van der Waals surface area contributed by atoms with Crippen LogP contribution >= 0.6 is 0 Å². The maximum absolute atomic E-state index is 5.24. The van der Waals surface area contributed by atoms with E-state index in [1.165, 1.54) is 11.1 Å². The summed E-state index contributed by atoms with van der Waals surface area (Å²) in [7, 11) is 1.73. The van der Waals surface area contributed by atoms with Crippen LogP contribution in [0.1, 0.15) is 18.4 Å². The van der Waals surface area contributed by atoms with Gasteiger partial charge in [0.05, 0.1) is 25.4 Å². The van der Waals surface area contributed by atoms with Gasteiger partial charge in [-0.2, -0.15) is 0 Å². The molecule has 1 aliphatic rings. The predicted octanol–water partition coefficient (Wildman–Crippen LogP) is 3.07. The van der Waals surface area contributed by atoms with Crippen LogP contribution in [0.3, 0.4) is 0 Å². The molecule has 1 aliphatic carbocycles. The standard InChI is InChI=1S/C12H14O2/c1-13-12-4-2-3-10(8-12)7-11-5-6-14-9-11/h3-6,9H,2,7-8H2,1H3. The summed E-state index contributed by atoms with van der Waals surface area (Å²) < 4.78 is 10.3. The fraction of sp³-hybridized carbons (Fsp3) is 0.333. The molecule has 0 N–H and O–H groups in total. The van der Waals surface area contributed by atoms with Gasteiger partial charge in [-0.25, -0.2) is 0 Å². The lowest BCUT2D eigenvalue weighted by Gasteiger charge is -2.13. The number of hydrogen-bond donors (Lipinski definition) is 0. The Bertz CT molecular complexity index is 344. The number of rotatable bonds is 3. The van der Waals surface area contributed by atoms with Crippen LogP contribution in [0.4, 0.5) is 0 Å². The highest BCUT2D eigenvalue weighted by Crippen LogP contribution is 2.22. The topological polar surface area (TPSA) is 22.4 Å². The lowest BCUT2D eigenvalue weighted by Crippen LogP contribution is -1.98. The third kappa shape index (κ3) is 2.08. The summed E-state index contributed by atoms with van der Waals surface area (Å²) in [6.45, 7) is 0. The summed E-state index contributed by atoms with van der Waals surface area (Å²) in [4.78, 5) is 0. The van der Waals surface area contributed by atoms with Gasteiger partial charge >= 0.3 is 0 Å². The molecule has 0 radical (unpaired) electrons. The van der Waals surface area contributed by atoms with Crippen LogP contribution in [0.5, 0.6) is 0 Å². The second-order valence-electron chi connectivity index (χ2n) is 3.46. The molecule has 1 heterocycles. The van der Waals surface area contributed by atoms with Crippen molar-refractivity contribution in [3.05, 3.63) is 47.6 Å². The van der Waals surface area contributed by atoms with Crippen LogP contribution < -0.4 is 0 Å². The molecule has 0 aromatic carbocycles.